The molecular weight excluding hydrogens is 350 g/mol. The molecule has 2 atom stereocenters. The molecule has 4 bridgehead atoms. The van der Waals surface area contributed by atoms with E-state index in [0.717, 1.165) is 54.2 Å². The summed E-state index contributed by atoms with van der Waals surface area (Å²) in [7, 11) is 1.67. The van der Waals surface area contributed by atoms with Gasteiger partial charge >= 0.3 is 0 Å². The topological polar surface area (TPSA) is 58.6 Å². The van der Waals surface area contributed by atoms with E-state index < -0.39 is 5.60 Å². The van der Waals surface area contributed by atoms with Crippen molar-refractivity contribution in [3.63, 3.8) is 0 Å². The molecule has 0 saturated heterocycles. The van der Waals surface area contributed by atoms with E-state index in [2.05, 4.69) is 29.6 Å². The molecule has 0 aromatic heterocycles. The molecule has 28 heavy (non-hydrogen) atoms. The van der Waals surface area contributed by atoms with Crippen LogP contribution < -0.4 is 10.1 Å². The summed E-state index contributed by atoms with van der Waals surface area (Å²) >= 11 is 0. The third kappa shape index (κ3) is 3.28. The third-order valence-electron chi connectivity index (χ3n) is 7.29. The van der Waals surface area contributed by atoms with Crippen LogP contribution in [0.15, 0.2) is 36.4 Å². The average molecular weight is 380 g/mol. The number of nitrogens with one attached hydrogen (secondary N) is 1. The van der Waals surface area contributed by atoms with Gasteiger partial charge in [0.1, 0.15) is 5.75 Å². The number of benzene rings is 2. The Labute approximate surface area is 166 Å². The van der Waals surface area contributed by atoms with Crippen LogP contribution in [0.3, 0.4) is 0 Å². The highest BCUT2D eigenvalue weighted by Gasteiger charge is 2.57. The number of methoxy groups -OCH3 is 1. The van der Waals surface area contributed by atoms with E-state index in [9.17, 15) is 9.90 Å². The molecule has 4 heteroatoms. The van der Waals surface area contributed by atoms with Gasteiger partial charge in [-0.25, -0.2) is 0 Å². The lowest BCUT2D eigenvalue weighted by Crippen LogP contribution is -2.56. The second-order valence-corrected chi connectivity index (χ2v) is 9.69. The fourth-order valence-corrected chi connectivity index (χ4v) is 6.72. The van der Waals surface area contributed by atoms with Crippen molar-refractivity contribution in [3.05, 3.63) is 42.0 Å². The number of aliphatic hydroxyl groups is 1. The molecule has 2 unspecified atom stereocenters. The number of carbonyl (C=O) groups is 1. The fourth-order valence-electron chi connectivity index (χ4n) is 6.72. The number of rotatable bonds is 5. The third-order valence-corrected chi connectivity index (χ3v) is 7.29. The van der Waals surface area contributed by atoms with Crippen LogP contribution in [0.2, 0.25) is 0 Å². The molecule has 4 fully saturated rings. The monoisotopic (exact) mass is 379 g/mol. The highest BCUT2D eigenvalue weighted by molar-refractivity contribution is 5.84. The van der Waals surface area contributed by atoms with E-state index in [-0.39, 0.29) is 11.3 Å². The van der Waals surface area contributed by atoms with E-state index in [1.165, 1.54) is 6.42 Å². The minimum absolute atomic E-state index is 0.0306. The number of hydrogen-bond donors (Lipinski definition) is 2. The van der Waals surface area contributed by atoms with Gasteiger partial charge in [-0.15, -0.1) is 0 Å². The average Bonchev–Trinajstić information content (AvgIpc) is 2.63. The van der Waals surface area contributed by atoms with E-state index >= 15 is 0 Å². The smallest absolute Gasteiger partial charge is 0.220 e. The Balaban J connectivity index is 1.24. The molecule has 148 valence electrons. The zero-order chi connectivity index (χ0) is 19.4. The minimum Gasteiger partial charge on any atom is -0.497 e. The molecule has 4 aliphatic carbocycles. The molecule has 4 aliphatic rings. The molecule has 2 aromatic carbocycles. The predicted molar refractivity (Wildman–Crippen MR) is 109 cm³/mol. The Kier molecular flexibility index (Phi) is 4.16. The molecule has 1 amide bonds. The van der Waals surface area contributed by atoms with E-state index in [1.54, 1.807) is 7.11 Å². The van der Waals surface area contributed by atoms with E-state index in [1.807, 2.05) is 12.1 Å². The highest BCUT2D eigenvalue weighted by atomic mass is 16.5. The second-order valence-electron chi connectivity index (χ2n) is 9.69. The zero-order valence-electron chi connectivity index (χ0n) is 16.5. The van der Waals surface area contributed by atoms with Crippen LogP contribution in [0.25, 0.3) is 10.8 Å². The van der Waals surface area contributed by atoms with Gasteiger partial charge in [0, 0.05) is 13.0 Å². The van der Waals surface area contributed by atoms with Crippen molar-refractivity contribution in [2.24, 2.45) is 17.3 Å². The number of carbonyl (C=O) groups excluding carboxylic acids is 1. The summed E-state index contributed by atoms with van der Waals surface area (Å²) in [5, 5.41) is 16.3. The summed E-state index contributed by atoms with van der Waals surface area (Å²) in [5.41, 5.74) is 0.641. The number of amides is 1. The van der Waals surface area contributed by atoms with Crippen LogP contribution in [-0.4, -0.2) is 23.7 Å². The van der Waals surface area contributed by atoms with E-state index in [4.69, 9.17) is 4.74 Å². The Bertz CT molecular complexity index is 907. The van der Waals surface area contributed by atoms with Crippen molar-refractivity contribution < 1.29 is 14.6 Å². The number of fused-ring (bicyclic) bond motifs is 1. The molecule has 2 N–H and O–H groups in total. The molecule has 6 rings (SSSR count). The Morgan fingerprint density at radius 1 is 1.11 bits per heavy atom. The van der Waals surface area contributed by atoms with Gasteiger partial charge in [-0.3, -0.25) is 4.79 Å². The van der Waals surface area contributed by atoms with Crippen LogP contribution in [0.4, 0.5) is 0 Å². The summed E-state index contributed by atoms with van der Waals surface area (Å²) in [5.74, 6) is 2.22. The fraction of sp³-hybridized carbons (Fsp3) is 0.542. The number of ether oxygens (including phenoxy) is 1. The van der Waals surface area contributed by atoms with E-state index in [0.29, 0.717) is 24.8 Å². The maximum atomic E-state index is 12.7. The van der Waals surface area contributed by atoms with Crippen LogP contribution >= 0.6 is 0 Å². The van der Waals surface area contributed by atoms with Crippen LogP contribution in [-0.2, 0) is 11.3 Å². The first-order chi connectivity index (χ1) is 13.4. The molecule has 0 aliphatic heterocycles. The van der Waals surface area contributed by atoms with Gasteiger partial charge in [0.2, 0.25) is 5.91 Å². The molecule has 0 heterocycles. The lowest BCUT2D eigenvalue weighted by Gasteiger charge is -2.60. The summed E-state index contributed by atoms with van der Waals surface area (Å²) < 4.78 is 5.28. The zero-order valence-corrected chi connectivity index (χ0v) is 16.5. The SMILES string of the molecule is COc1ccc2cc(CNC(=O)CC34CC5CC(CC(O)(C5)C3)C4)ccc2c1. The summed E-state index contributed by atoms with van der Waals surface area (Å²) in [4.78, 5) is 12.7. The van der Waals surface area contributed by atoms with Gasteiger partial charge in [-0.2, -0.15) is 0 Å². The molecule has 0 spiro atoms. The minimum atomic E-state index is -0.496. The molecule has 4 saturated carbocycles. The maximum Gasteiger partial charge on any atom is 0.220 e. The first-order valence-corrected chi connectivity index (χ1v) is 10.5. The lowest BCUT2D eigenvalue weighted by atomic mass is 9.47. The van der Waals surface area contributed by atoms with Crippen LogP contribution in [0, 0.1) is 17.3 Å². The largest absolute Gasteiger partial charge is 0.497 e. The lowest BCUT2D eigenvalue weighted by molar-refractivity contribution is -0.169. The second kappa shape index (κ2) is 6.48. The number of hydrogen-bond acceptors (Lipinski definition) is 3. The van der Waals surface area contributed by atoms with Gasteiger partial charge in [-0.1, -0.05) is 18.2 Å². The first-order valence-electron chi connectivity index (χ1n) is 10.5. The summed E-state index contributed by atoms with van der Waals surface area (Å²) in [6.07, 6.45) is 6.79. The highest BCUT2D eigenvalue weighted by Crippen LogP contribution is 2.62. The van der Waals surface area contributed by atoms with Crippen molar-refractivity contribution in [3.8, 4) is 5.75 Å². The van der Waals surface area contributed by atoms with Crippen molar-refractivity contribution in [2.45, 2.75) is 57.1 Å². The quantitative estimate of drug-likeness (QED) is 0.819. The first kappa shape index (κ1) is 18.0. The summed E-state index contributed by atoms with van der Waals surface area (Å²) in [6.45, 7) is 0.550. The van der Waals surface area contributed by atoms with Crippen molar-refractivity contribution in [2.75, 3.05) is 7.11 Å². The normalized spacial score (nSPS) is 33.2. The van der Waals surface area contributed by atoms with Crippen molar-refractivity contribution >= 4 is 16.7 Å². The van der Waals surface area contributed by atoms with Gasteiger partial charge < -0.3 is 15.2 Å². The molecule has 4 nitrogen and oxygen atoms in total. The summed E-state index contributed by atoms with van der Waals surface area (Å²) in [6, 6.07) is 12.3. The Hall–Kier alpha value is -2.07. The standard InChI is InChI=1S/C24H29NO3/c1-28-21-5-4-19-7-16(2-3-20(19)8-21)14-25-22(26)13-23-9-17-6-18(10-23)12-24(27,11-17)15-23/h2-5,7-8,17-18,27H,6,9-15H2,1H3,(H,25,26). The van der Waals surface area contributed by atoms with Gasteiger partial charge in [0.25, 0.3) is 0 Å². The van der Waals surface area contributed by atoms with Gasteiger partial charge in [-0.05, 0) is 90.3 Å². The Morgan fingerprint density at radius 2 is 1.82 bits per heavy atom. The van der Waals surface area contributed by atoms with Crippen molar-refractivity contribution in [1.29, 1.82) is 0 Å². The van der Waals surface area contributed by atoms with Crippen LogP contribution in [0.5, 0.6) is 5.75 Å². The Morgan fingerprint density at radius 3 is 2.54 bits per heavy atom. The van der Waals surface area contributed by atoms with Crippen LogP contribution in [0.1, 0.15) is 50.5 Å². The molecular formula is C24H29NO3. The molecule has 0 radical (unpaired) electrons. The predicted octanol–water partition coefficient (Wildman–Crippen LogP) is 4.19. The molecule has 2 aromatic rings. The van der Waals surface area contributed by atoms with Gasteiger partial charge in [0.05, 0.1) is 12.7 Å². The van der Waals surface area contributed by atoms with Crippen molar-refractivity contribution in [1.82, 2.24) is 5.32 Å². The maximum absolute atomic E-state index is 12.7. The van der Waals surface area contributed by atoms with Gasteiger partial charge in [0.15, 0.2) is 0 Å².